The third-order valence-corrected chi connectivity index (χ3v) is 2.96. The number of rotatable bonds is 2. The molecule has 1 fully saturated rings. The van der Waals surface area contributed by atoms with Crippen molar-refractivity contribution in [2.24, 2.45) is 0 Å². The van der Waals surface area contributed by atoms with Crippen LogP contribution in [0.2, 0.25) is 0 Å². The molecule has 0 aromatic carbocycles. The lowest BCUT2D eigenvalue weighted by Crippen LogP contribution is -2.34. The molecule has 0 radical (unpaired) electrons. The lowest BCUT2D eigenvalue weighted by Gasteiger charge is -2.20. The summed E-state index contributed by atoms with van der Waals surface area (Å²) in [7, 11) is 4.09. The van der Waals surface area contributed by atoms with Gasteiger partial charge in [0.2, 0.25) is 0 Å². The van der Waals surface area contributed by atoms with Gasteiger partial charge in [-0.15, -0.1) is 0 Å². The average Bonchev–Trinajstić information content (AvgIpc) is 2.78. The Hall–Kier alpha value is -1.49. The van der Waals surface area contributed by atoms with Gasteiger partial charge < -0.3 is 9.80 Å². The third kappa shape index (κ3) is 2.19. The minimum Gasteiger partial charge on any atom is -0.336 e. The zero-order chi connectivity index (χ0) is 11.5. The summed E-state index contributed by atoms with van der Waals surface area (Å²) in [6.45, 7) is 1.58. The van der Waals surface area contributed by atoms with E-state index < -0.39 is 0 Å². The highest BCUT2D eigenvalue weighted by molar-refractivity contribution is 5.92. The summed E-state index contributed by atoms with van der Waals surface area (Å²) < 4.78 is 0. The summed E-state index contributed by atoms with van der Waals surface area (Å²) in [5.41, 5.74) is 0.432. The van der Waals surface area contributed by atoms with Crippen molar-refractivity contribution in [3.8, 4) is 0 Å². The number of likely N-dealkylation sites (tertiary alicyclic amines) is 1. The van der Waals surface area contributed by atoms with E-state index in [0.29, 0.717) is 11.7 Å². The molecule has 1 unspecified atom stereocenters. The second-order valence-corrected chi connectivity index (χ2v) is 4.25. The molecule has 1 aliphatic rings. The quantitative estimate of drug-likeness (QED) is 0.717. The maximum absolute atomic E-state index is 12.0. The van der Waals surface area contributed by atoms with E-state index in [1.165, 1.54) is 6.20 Å². The first-order valence-corrected chi connectivity index (χ1v) is 5.40. The van der Waals surface area contributed by atoms with Crippen LogP contribution >= 0.6 is 0 Å². The van der Waals surface area contributed by atoms with Crippen LogP contribution in [0.15, 0.2) is 18.6 Å². The van der Waals surface area contributed by atoms with E-state index >= 15 is 0 Å². The molecule has 1 amide bonds. The van der Waals surface area contributed by atoms with Gasteiger partial charge in [0.25, 0.3) is 5.91 Å². The van der Waals surface area contributed by atoms with Gasteiger partial charge in [-0.2, -0.15) is 0 Å². The summed E-state index contributed by atoms with van der Waals surface area (Å²) in [4.78, 5) is 24.0. The fourth-order valence-electron chi connectivity index (χ4n) is 1.92. The van der Waals surface area contributed by atoms with Crippen molar-refractivity contribution in [1.29, 1.82) is 0 Å². The highest BCUT2D eigenvalue weighted by Gasteiger charge is 2.28. The summed E-state index contributed by atoms with van der Waals surface area (Å²) in [5, 5.41) is 0. The first kappa shape index (κ1) is 11.0. The van der Waals surface area contributed by atoms with Crippen LogP contribution in [0.25, 0.3) is 0 Å². The average molecular weight is 220 g/mol. The van der Waals surface area contributed by atoms with E-state index in [4.69, 9.17) is 0 Å². The van der Waals surface area contributed by atoms with Gasteiger partial charge in [-0.25, -0.2) is 4.98 Å². The third-order valence-electron chi connectivity index (χ3n) is 2.96. The molecule has 0 aliphatic carbocycles. The smallest absolute Gasteiger partial charge is 0.274 e. The van der Waals surface area contributed by atoms with Gasteiger partial charge in [-0.05, 0) is 20.5 Å². The van der Waals surface area contributed by atoms with Crippen molar-refractivity contribution >= 4 is 5.91 Å². The van der Waals surface area contributed by atoms with E-state index in [1.807, 2.05) is 19.0 Å². The monoisotopic (exact) mass is 220 g/mol. The molecule has 2 heterocycles. The molecule has 1 aromatic rings. The Balaban J connectivity index is 2.03. The van der Waals surface area contributed by atoms with E-state index in [0.717, 1.165) is 19.5 Å². The Morgan fingerprint density at radius 2 is 2.31 bits per heavy atom. The molecular formula is C11H16N4O. The lowest BCUT2D eigenvalue weighted by atomic mass is 10.2. The van der Waals surface area contributed by atoms with Crippen LogP contribution in [-0.2, 0) is 0 Å². The van der Waals surface area contributed by atoms with Gasteiger partial charge in [0, 0.05) is 31.5 Å². The second kappa shape index (κ2) is 4.57. The number of nitrogens with zero attached hydrogens (tertiary/aromatic N) is 4. The van der Waals surface area contributed by atoms with Gasteiger partial charge in [-0.1, -0.05) is 0 Å². The second-order valence-electron chi connectivity index (χ2n) is 4.25. The minimum atomic E-state index is -0.0162. The minimum absolute atomic E-state index is 0.0162. The zero-order valence-electron chi connectivity index (χ0n) is 9.63. The van der Waals surface area contributed by atoms with Crippen molar-refractivity contribution in [2.45, 2.75) is 12.5 Å². The molecular weight excluding hydrogens is 204 g/mol. The van der Waals surface area contributed by atoms with Gasteiger partial charge in [0.15, 0.2) is 0 Å². The molecule has 0 bridgehead atoms. The Kier molecular flexibility index (Phi) is 3.14. The standard InChI is InChI=1S/C11H16N4O/c1-14(2)9-3-6-15(8-9)11(16)10-7-12-4-5-13-10/h4-5,7,9H,3,6,8H2,1-2H3. The molecule has 5 nitrogen and oxygen atoms in total. The molecule has 16 heavy (non-hydrogen) atoms. The van der Waals surface area contributed by atoms with Crippen LogP contribution in [0, 0.1) is 0 Å². The van der Waals surface area contributed by atoms with Gasteiger partial charge >= 0.3 is 0 Å². The Bertz CT molecular complexity index is 366. The molecule has 0 spiro atoms. The number of hydrogen-bond acceptors (Lipinski definition) is 4. The molecule has 2 rings (SSSR count). The first-order valence-electron chi connectivity index (χ1n) is 5.40. The topological polar surface area (TPSA) is 49.3 Å². The molecule has 1 saturated heterocycles. The van der Waals surface area contributed by atoms with E-state index in [2.05, 4.69) is 14.9 Å². The number of carbonyl (C=O) groups is 1. The predicted octanol–water partition coefficient (Wildman–Crippen LogP) is 0.253. The molecule has 1 atom stereocenters. The van der Waals surface area contributed by atoms with Gasteiger partial charge in [0.05, 0.1) is 6.20 Å². The molecule has 5 heteroatoms. The normalized spacial score (nSPS) is 20.4. The largest absolute Gasteiger partial charge is 0.336 e. The summed E-state index contributed by atoms with van der Waals surface area (Å²) in [6, 6.07) is 0.459. The maximum atomic E-state index is 12.0. The Labute approximate surface area is 95.1 Å². The lowest BCUT2D eigenvalue weighted by molar-refractivity contribution is 0.0777. The van der Waals surface area contributed by atoms with E-state index in [-0.39, 0.29) is 5.91 Å². The van der Waals surface area contributed by atoms with Crippen molar-refractivity contribution < 1.29 is 4.79 Å². The number of hydrogen-bond donors (Lipinski definition) is 0. The number of amides is 1. The van der Waals surface area contributed by atoms with Crippen molar-refractivity contribution in [3.05, 3.63) is 24.3 Å². The Morgan fingerprint density at radius 3 is 2.88 bits per heavy atom. The maximum Gasteiger partial charge on any atom is 0.274 e. The van der Waals surface area contributed by atoms with E-state index in [1.54, 1.807) is 12.4 Å². The SMILES string of the molecule is CN(C)C1CCN(C(=O)c2cnccn2)C1. The van der Waals surface area contributed by atoms with E-state index in [9.17, 15) is 4.79 Å². The summed E-state index contributed by atoms with van der Waals surface area (Å²) in [5.74, 6) is -0.0162. The molecule has 0 saturated carbocycles. The van der Waals surface area contributed by atoms with Gasteiger partial charge in [0.1, 0.15) is 5.69 Å². The highest BCUT2D eigenvalue weighted by atomic mass is 16.2. The summed E-state index contributed by atoms with van der Waals surface area (Å²) >= 11 is 0. The van der Waals surface area contributed by atoms with Crippen LogP contribution in [0.3, 0.4) is 0 Å². The molecule has 0 N–H and O–H groups in total. The van der Waals surface area contributed by atoms with Crippen LogP contribution in [0.4, 0.5) is 0 Å². The number of carbonyl (C=O) groups excluding carboxylic acids is 1. The summed E-state index contributed by atoms with van der Waals surface area (Å²) in [6.07, 6.45) is 5.67. The fourth-order valence-corrected chi connectivity index (χ4v) is 1.92. The number of aromatic nitrogens is 2. The van der Waals surface area contributed by atoms with Crippen LogP contribution in [-0.4, -0.2) is 58.9 Å². The predicted molar refractivity (Wildman–Crippen MR) is 60.0 cm³/mol. The molecule has 1 aliphatic heterocycles. The van der Waals surface area contributed by atoms with Gasteiger partial charge in [-0.3, -0.25) is 9.78 Å². The highest BCUT2D eigenvalue weighted by Crippen LogP contribution is 2.15. The molecule has 86 valence electrons. The van der Waals surface area contributed by atoms with Crippen LogP contribution < -0.4 is 0 Å². The molecule has 1 aromatic heterocycles. The fraction of sp³-hybridized carbons (Fsp3) is 0.545. The van der Waals surface area contributed by atoms with Crippen molar-refractivity contribution in [3.63, 3.8) is 0 Å². The van der Waals surface area contributed by atoms with Crippen LogP contribution in [0.1, 0.15) is 16.9 Å². The van der Waals surface area contributed by atoms with Crippen molar-refractivity contribution in [1.82, 2.24) is 19.8 Å². The first-order chi connectivity index (χ1) is 7.68. The number of likely N-dealkylation sites (N-methyl/N-ethyl adjacent to an activating group) is 1. The Morgan fingerprint density at radius 1 is 1.50 bits per heavy atom. The van der Waals surface area contributed by atoms with Crippen molar-refractivity contribution in [2.75, 3.05) is 27.2 Å². The van der Waals surface area contributed by atoms with Crippen LogP contribution in [0.5, 0.6) is 0 Å². The zero-order valence-corrected chi connectivity index (χ0v) is 9.63.